The summed E-state index contributed by atoms with van der Waals surface area (Å²) in [5, 5.41) is 6.90. The van der Waals surface area contributed by atoms with Crippen LogP contribution in [0.2, 0.25) is 0 Å². The van der Waals surface area contributed by atoms with E-state index in [2.05, 4.69) is 15.4 Å². The average Bonchev–Trinajstić information content (AvgIpc) is 3.19. The van der Waals surface area contributed by atoms with Gasteiger partial charge in [0.05, 0.1) is 12.2 Å². The van der Waals surface area contributed by atoms with Crippen LogP contribution in [0.1, 0.15) is 11.1 Å². The third-order valence-electron chi connectivity index (χ3n) is 4.41. The molecule has 0 bridgehead atoms. The number of ether oxygens (including phenoxy) is 1. The minimum absolute atomic E-state index is 0.0687. The topological polar surface area (TPSA) is 89.4 Å². The summed E-state index contributed by atoms with van der Waals surface area (Å²) in [5.41, 5.74) is 3.34. The van der Waals surface area contributed by atoms with Crippen molar-refractivity contribution in [2.75, 3.05) is 23.4 Å². The largest absolute Gasteiger partial charge is 0.482 e. The van der Waals surface area contributed by atoms with Crippen molar-refractivity contribution < 1.29 is 14.3 Å². The van der Waals surface area contributed by atoms with Gasteiger partial charge in [0.25, 0.3) is 5.91 Å². The average molecular weight is 377 g/mol. The van der Waals surface area contributed by atoms with Crippen LogP contribution < -0.4 is 15.0 Å². The standard InChI is InChI=1S/C20H19N5O3/c1-14-2-7-17-18(8-14)28-11-20(27)25(17)10-19(26)23-16-5-3-15(4-6-16)9-24-13-21-12-22-24/h2-8,12-13H,9-11H2,1H3,(H,23,26). The lowest BCUT2D eigenvalue weighted by atomic mass is 10.1. The lowest BCUT2D eigenvalue weighted by molar-refractivity contribution is -0.123. The first-order chi connectivity index (χ1) is 13.6. The lowest BCUT2D eigenvalue weighted by Gasteiger charge is -2.29. The van der Waals surface area contributed by atoms with Crippen molar-refractivity contribution in [1.82, 2.24) is 14.8 Å². The van der Waals surface area contributed by atoms with Gasteiger partial charge < -0.3 is 10.1 Å². The third kappa shape index (κ3) is 3.85. The van der Waals surface area contributed by atoms with Crippen LogP contribution in [0.4, 0.5) is 11.4 Å². The zero-order chi connectivity index (χ0) is 19.5. The molecule has 0 fully saturated rings. The summed E-state index contributed by atoms with van der Waals surface area (Å²) in [5.74, 6) is 0.102. The van der Waals surface area contributed by atoms with Gasteiger partial charge in [-0.2, -0.15) is 5.10 Å². The van der Waals surface area contributed by atoms with Crippen molar-refractivity contribution in [3.63, 3.8) is 0 Å². The van der Waals surface area contributed by atoms with Crippen LogP contribution in [0.3, 0.4) is 0 Å². The lowest BCUT2D eigenvalue weighted by Crippen LogP contribution is -2.43. The van der Waals surface area contributed by atoms with Crippen molar-refractivity contribution in [2.45, 2.75) is 13.5 Å². The number of carbonyl (C=O) groups excluding carboxylic acids is 2. The van der Waals surface area contributed by atoms with Crippen molar-refractivity contribution in [1.29, 1.82) is 0 Å². The van der Waals surface area contributed by atoms with Crippen LogP contribution in [0.15, 0.2) is 55.1 Å². The SMILES string of the molecule is Cc1ccc2c(c1)OCC(=O)N2CC(=O)Nc1ccc(Cn2cncn2)cc1. The Hall–Kier alpha value is -3.68. The van der Waals surface area contributed by atoms with E-state index in [4.69, 9.17) is 4.74 Å². The molecule has 1 aliphatic heterocycles. The summed E-state index contributed by atoms with van der Waals surface area (Å²) < 4.78 is 7.19. The second kappa shape index (κ2) is 7.51. The normalized spacial score (nSPS) is 13.0. The predicted molar refractivity (Wildman–Crippen MR) is 103 cm³/mol. The Bertz CT molecular complexity index is 999. The molecular weight excluding hydrogens is 358 g/mol. The highest BCUT2D eigenvalue weighted by molar-refractivity contribution is 6.05. The molecule has 2 amide bonds. The number of carbonyl (C=O) groups is 2. The van der Waals surface area contributed by atoms with Crippen molar-refractivity contribution in [3.05, 3.63) is 66.2 Å². The van der Waals surface area contributed by atoms with E-state index in [-0.39, 0.29) is 25.0 Å². The fraction of sp³-hybridized carbons (Fsp3) is 0.200. The van der Waals surface area contributed by atoms with E-state index in [1.165, 1.54) is 11.2 Å². The first-order valence-electron chi connectivity index (χ1n) is 8.83. The number of anilines is 2. The Kier molecular flexibility index (Phi) is 4.76. The molecule has 2 heterocycles. The van der Waals surface area contributed by atoms with Gasteiger partial charge >= 0.3 is 0 Å². The van der Waals surface area contributed by atoms with Crippen LogP contribution in [0, 0.1) is 6.92 Å². The van der Waals surface area contributed by atoms with Gasteiger partial charge in [-0.15, -0.1) is 0 Å². The molecule has 0 unspecified atom stereocenters. The van der Waals surface area contributed by atoms with E-state index in [0.717, 1.165) is 11.1 Å². The van der Waals surface area contributed by atoms with E-state index in [9.17, 15) is 9.59 Å². The number of rotatable bonds is 5. The quantitative estimate of drug-likeness (QED) is 0.735. The first-order valence-corrected chi connectivity index (χ1v) is 8.83. The predicted octanol–water partition coefficient (Wildman–Crippen LogP) is 2.00. The van der Waals surface area contributed by atoms with Gasteiger partial charge in [-0.05, 0) is 42.3 Å². The van der Waals surface area contributed by atoms with Gasteiger partial charge in [-0.25, -0.2) is 9.67 Å². The van der Waals surface area contributed by atoms with Gasteiger partial charge in [0.2, 0.25) is 5.91 Å². The summed E-state index contributed by atoms with van der Waals surface area (Å²) in [7, 11) is 0. The molecule has 8 heteroatoms. The highest BCUT2D eigenvalue weighted by Crippen LogP contribution is 2.32. The Morgan fingerprint density at radius 2 is 2.04 bits per heavy atom. The molecule has 3 aromatic rings. The highest BCUT2D eigenvalue weighted by Gasteiger charge is 2.27. The molecule has 0 aliphatic carbocycles. The molecule has 0 saturated carbocycles. The van der Waals surface area contributed by atoms with Crippen LogP contribution in [0.25, 0.3) is 0 Å². The number of hydrogen-bond donors (Lipinski definition) is 1. The molecule has 0 spiro atoms. The van der Waals surface area contributed by atoms with Crippen molar-refractivity contribution in [3.8, 4) is 5.75 Å². The van der Waals surface area contributed by atoms with Gasteiger partial charge in [0.15, 0.2) is 6.61 Å². The van der Waals surface area contributed by atoms with Gasteiger partial charge in [-0.1, -0.05) is 18.2 Å². The fourth-order valence-electron chi connectivity index (χ4n) is 3.02. The van der Waals surface area contributed by atoms with E-state index in [0.29, 0.717) is 23.7 Å². The molecule has 28 heavy (non-hydrogen) atoms. The van der Waals surface area contributed by atoms with Crippen LogP contribution in [-0.4, -0.2) is 39.7 Å². The van der Waals surface area contributed by atoms with E-state index in [1.807, 2.05) is 43.3 Å². The molecule has 0 atom stereocenters. The zero-order valence-electron chi connectivity index (χ0n) is 15.3. The molecule has 0 saturated heterocycles. The Labute approximate surface area is 161 Å². The van der Waals surface area contributed by atoms with Crippen molar-refractivity contribution in [2.24, 2.45) is 0 Å². The molecule has 142 valence electrons. The van der Waals surface area contributed by atoms with Crippen molar-refractivity contribution >= 4 is 23.2 Å². The minimum Gasteiger partial charge on any atom is -0.482 e. The van der Waals surface area contributed by atoms with Gasteiger partial charge in [-0.3, -0.25) is 14.5 Å². The molecule has 4 rings (SSSR count). The number of aromatic nitrogens is 3. The number of fused-ring (bicyclic) bond motifs is 1. The maximum absolute atomic E-state index is 12.5. The smallest absolute Gasteiger partial charge is 0.265 e. The third-order valence-corrected chi connectivity index (χ3v) is 4.41. The summed E-state index contributed by atoms with van der Waals surface area (Å²) >= 11 is 0. The Morgan fingerprint density at radius 3 is 2.79 bits per heavy atom. The number of nitrogens with zero attached hydrogens (tertiary/aromatic N) is 4. The monoisotopic (exact) mass is 377 g/mol. The number of hydrogen-bond acceptors (Lipinski definition) is 5. The maximum atomic E-state index is 12.5. The van der Waals surface area contributed by atoms with E-state index in [1.54, 1.807) is 17.1 Å². The second-order valence-electron chi connectivity index (χ2n) is 6.58. The van der Waals surface area contributed by atoms with Crippen LogP contribution >= 0.6 is 0 Å². The zero-order valence-corrected chi connectivity index (χ0v) is 15.3. The van der Waals surface area contributed by atoms with Crippen LogP contribution in [0.5, 0.6) is 5.75 Å². The fourth-order valence-corrected chi connectivity index (χ4v) is 3.02. The summed E-state index contributed by atoms with van der Waals surface area (Å²) in [6.45, 7) is 2.41. The Morgan fingerprint density at radius 1 is 1.21 bits per heavy atom. The van der Waals surface area contributed by atoms with E-state index < -0.39 is 0 Å². The molecule has 2 aromatic carbocycles. The Balaban J connectivity index is 1.41. The first kappa shape index (κ1) is 17.7. The van der Waals surface area contributed by atoms with Gasteiger partial charge in [0, 0.05) is 5.69 Å². The van der Waals surface area contributed by atoms with Gasteiger partial charge in [0.1, 0.15) is 24.9 Å². The molecule has 1 aliphatic rings. The maximum Gasteiger partial charge on any atom is 0.265 e. The highest BCUT2D eigenvalue weighted by atomic mass is 16.5. The van der Waals surface area contributed by atoms with E-state index >= 15 is 0 Å². The molecular formula is C20H19N5O3. The molecule has 1 N–H and O–H groups in total. The number of benzene rings is 2. The summed E-state index contributed by atoms with van der Waals surface area (Å²) in [6.07, 6.45) is 3.13. The summed E-state index contributed by atoms with van der Waals surface area (Å²) in [4.78, 5) is 30.1. The number of aryl methyl sites for hydroxylation is 1. The number of amides is 2. The number of nitrogens with one attached hydrogen (secondary N) is 1. The molecule has 8 nitrogen and oxygen atoms in total. The summed E-state index contributed by atoms with van der Waals surface area (Å²) in [6, 6.07) is 13.0. The molecule has 1 aromatic heterocycles. The minimum atomic E-state index is -0.272. The second-order valence-corrected chi connectivity index (χ2v) is 6.58. The molecule has 0 radical (unpaired) electrons. The van der Waals surface area contributed by atoms with Crippen LogP contribution in [-0.2, 0) is 16.1 Å².